The monoisotopic (exact) mass is 471 g/mol. The van der Waals surface area contributed by atoms with Crippen LogP contribution in [0.25, 0.3) is 11.0 Å². The smallest absolute Gasteiger partial charge is 0.251 e. The van der Waals surface area contributed by atoms with Crippen molar-refractivity contribution in [1.82, 2.24) is 14.9 Å². The van der Waals surface area contributed by atoms with E-state index in [0.29, 0.717) is 24.6 Å². The summed E-state index contributed by atoms with van der Waals surface area (Å²) in [5.74, 6) is 2.77. The minimum atomic E-state index is -0.143. The second-order valence-electron chi connectivity index (χ2n) is 8.98. The van der Waals surface area contributed by atoms with Gasteiger partial charge in [0, 0.05) is 12.1 Å². The molecule has 0 bridgehead atoms. The van der Waals surface area contributed by atoms with Crippen molar-refractivity contribution in [2.75, 3.05) is 13.7 Å². The summed E-state index contributed by atoms with van der Waals surface area (Å²) in [6, 6.07) is 21.5. The Morgan fingerprint density at radius 2 is 1.83 bits per heavy atom. The number of rotatable bonds is 10. The molecule has 0 saturated heterocycles. The molecule has 3 aromatic carbocycles. The Hall–Kier alpha value is -3.80. The Kier molecular flexibility index (Phi) is 7.70. The standard InChI is InChI=1S/C29H33N3O3/c1-20(2)24-15-10-21(3)18-27(24)35-17-7-16-32-26-9-6-5-8-25(26)31-28(32)19-30-29(33)22-11-13-23(34-4)14-12-22/h5-6,8-15,18,20H,7,16-17,19H2,1-4H3,(H,30,33). The number of ether oxygens (including phenoxy) is 2. The van der Waals surface area contributed by atoms with Crippen molar-refractivity contribution < 1.29 is 14.3 Å². The number of para-hydroxylation sites is 2. The van der Waals surface area contributed by atoms with Crippen LogP contribution < -0.4 is 14.8 Å². The van der Waals surface area contributed by atoms with Gasteiger partial charge in [0.1, 0.15) is 17.3 Å². The number of hydrogen-bond donors (Lipinski definition) is 1. The molecule has 1 heterocycles. The maximum atomic E-state index is 12.7. The highest BCUT2D eigenvalue weighted by atomic mass is 16.5. The highest BCUT2D eigenvalue weighted by Gasteiger charge is 2.13. The molecule has 182 valence electrons. The van der Waals surface area contributed by atoms with Gasteiger partial charge in [0.2, 0.25) is 0 Å². The highest BCUT2D eigenvalue weighted by molar-refractivity contribution is 5.94. The molecule has 4 aromatic rings. The fourth-order valence-corrected chi connectivity index (χ4v) is 4.16. The predicted molar refractivity (Wildman–Crippen MR) is 139 cm³/mol. The SMILES string of the molecule is COc1ccc(C(=O)NCc2nc3ccccc3n2CCCOc2cc(C)ccc2C(C)C)cc1. The predicted octanol–water partition coefficient (Wildman–Crippen LogP) is 5.88. The number of aryl methyl sites for hydroxylation is 2. The number of imidazole rings is 1. The molecule has 0 saturated carbocycles. The lowest BCUT2D eigenvalue weighted by molar-refractivity contribution is 0.0949. The highest BCUT2D eigenvalue weighted by Crippen LogP contribution is 2.27. The summed E-state index contributed by atoms with van der Waals surface area (Å²) in [5, 5.41) is 3.00. The minimum Gasteiger partial charge on any atom is -0.497 e. The third kappa shape index (κ3) is 5.83. The van der Waals surface area contributed by atoms with Crippen LogP contribution in [-0.4, -0.2) is 29.2 Å². The van der Waals surface area contributed by atoms with Crippen molar-refractivity contribution >= 4 is 16.9 Å². The number of methoxy groups -OCH3 is 1. The van der Waals surface area contributed by atoms with Crippen LogP contribution in [0.3, 0.4) is 0 Å². The number of benzene rings is 3. The van der Waals surface area contributed by atoms with Crippen molar-refractivity contribution in [3.8, 4) is 11.5 Å². The van der Waals surface area contributed by atoms with Crippen molar-refractivity contribution in [2.45, 2.75) is 46.2 Å². The molecule has 0 radical (unpaired) electrons. The van der Waals surface area contributed by atoms with Gasteiger partial charge < -0.3 is 19.4 Å². The summed E-state index contributed by atoms with van der Waals surface area (Å²) in [6.07, 6.45) is 0.825. The third-order valence-corrected chi connectivity index (χ3v) is 6.07. The van der Waals surface area contributed by atoms with E-state index in [1.54, 1.807) is 31.4 Å². The number of fused-ring (bicyclic) bond motifs is 1. The molecule has 1 aromatic heterocycles. The second-order valence-corrected chi connectivity index (χ2v) is 8.98. The van der Waals surface area contributed by atoms with Crippen LogP contribution >= 0.6 is 0 Å². The molecular formula is C29H33N3O3. The van der Waals surface area contributed by atoms with E-state index in [1.807, 2.05) is 18.2 Å². The molecule has 1 amide bonds. The van der Waals surface area contributed by atoms with E-state index in [-0.39, 0.29) is 5.91 Å². The largest absolute Gasteiger partial charge is 0.497 e. The zero-order valence-electron chi connectivity index (χ0n) is 20.9. The van der Waals surface area contributed by atoms with Crippen molar-refractivity contribution in [2.24, 2.45) is 0 Å². The van der Waals surface area contributed by atoms with Crippen molar-refractivity contribution in [3.05, 3.63) is 89.2 Å². The lowest BCUT2D eigenvalue weighted by Gasteiger charge is -2.15. The summed E-state index contributed by atoms with van der Waals surface area (Å²) in [7, 11) is 1.61. The average molecular weight is 472 g/mol. The van der Waals surface area contributed by atoms with E-state index < -0.39 is 0 Å². The van der Waals surface area contributed by atoms with Crippen LogP contribution in [0, 0.1) is 6.92 Å². The van der Waals surface area contributed by atoms with Gasteiger partial charge in [-0.05, 0) is 72.9 Å². The van der Waals surface area contributed by atoms with Gasteiger partial charge in [-0.15, -0.1) is 0 Å². The molecule has 0 fully saturated rings. The van der Waals surface area contributed by atoms with Crippen molar-refractivity contribution in [3.63, 3.8) is 0 Å². The first-order valence-electron chi connectivity index (χ1n) is 12.1. The van der Waals surface area contributed by atoms with Gasteiger partial charge in [0.05, 0.1) is 31.3 Å². The first kappa shape index (κ1) is 24.3. The van der Waals surface area contributed by atoms with Gasteiger partial charge in [-0.25, -0.2) is 4.98 Å². The first-order chi connectivity index (χ1) is 17.0. The lowest BCUT2D eigenvalue weighted by Crippen LogP contribution is -2.25. The number of carbonyl (C=O) groups excluding carboxylic acids is 1. The summed E-state index contributed by atoms with van der Waals surface area (Å²) in [5.41, 5.74) is 4.98. The van der Waals surface area contributed by atoms with Gasteiger partial charge in [-0.2, -0.15) is 0 Å². The van der Waals surface area contributed by atoms with Gasteiger partial charge >= 0.3 is 0 Å². The van der Waals surface area contributed by atoms with E-state index >= 15 is 0 Å². The maximum absolute atomic E-state index is 12.7. The molecule has 0 aliphatic heterocycles. The number of hydrogen-bond acceptors (Lipinski definition) is 4. The molecule has 35 heavy (non-hydrogen) atoms. The van der Waals surface area contributed by atoms with Crippen LogP contribution in [0.5, 0.6) is 11.5 Å². The Morgan fingerprint density at radius 3 is 2.57 bits per heavy atom. The van der Waals surface area contributed by atoms with Crippen LogP contribution in [0.2, 0.25) is 0 Å². The summed E-state index contributed by atoms with van der Waals surface area (Å²) < 4.78 is 13.5. The van der Waals surface area contributed by atoms with E-state index in [1.165, 1.54) is 11.1 Å². The third-order valence-electron chi connectivity index (χ3n) is 6.07. The van der Waals surface area contributed by atoms with Gasteiger partial charge in [-0.3, -0.25) is 4.79 Å². The Morgan fingerprint density at radius 1 is 1.06 bits per heavy atom. The molecule has 0 atom stereocenters. The molecular weight excluding hydrogens is 438 g/mol. The Labute approximate surface area is 206 Å². The molecule has 0 unspecified atom stereocenters. The number of aromatic nitrogens is 2. The first-order valence-corrected chi connectivity index (χ1v) is 12.1. The second kappa shape index (κ2) is 11.1. The quantitative estimate of drug-likeness (QED) is 0.294. The topological polar surface area (TPSA) is 65.4 Å². The number of nitrogens with one attached hydrogen (secondary N) is 1. The van der Waals surface area contributed by atoms with E-state index in [9.17, 15) is 4.79 Å². The van der Waals surface area contributed by atoms with Crippen LogP contribution in [0.4, 0.5) is 0 Å². The molecule has 0 aliphatic rings. The van der Waals surface area contributed by atoms with E-state index in [4.69, 9.17) is 14.5 Å². The summed E-state index contributed by atoms with van der Waals surface area (Å²) in [4.78, 5) is 17.4. The zero-order chi connectivity index (χ0) is 24.8. The zero-order valence-corrected chi connectivity index (χ0v) is 20.9. The van der Waals surface area contributed by atoms with Gasteiger partial charge in [0.15, 0.2) is 0 Å². The van der Waals surface area contributed by atoms with Crippen LogP contribution in [-0.2, 0) is 13.1 Å². The van der Waals surface area contributed by atoms with Gasteiger partial charge in [-0.1, -0.05) is 38.1 Å². The normalized spacial score (nSPS) is 11.1. The molecule has 4 rings (SSSR count). The van der Waals surface area contributed by atoms with Crippen LogP contribution in [0.1, 0.15) is 53.5 Å². The maximum Gasteiger partial charge on any atom is 0.251 e. The Bertz CT molecular complexity index is 1290. The molecule has 6 nitrogen and oxygen atoms in total. The average Bonchev–Trinajstić information content (AvgIpc) is 3.22. The lowest BCUT2D eigenvalue weighted by atomic mass is 10.0. The number of amides is 1. The van der Waals surface area contributed by atoms with Gasteiger partial charge in [0.25, 0.3) is 5.91 Å². The summed E-state index contributed by atoms with van der Waals surface area (Å²) >= 11 is 0. The summed E-state index contributed by atoms with van der Waals surface area (Å²) in [6.45, 7) is 8.14. The van der Waals surface area contributed by atoms with E-state index in [0.717, 1.165) is 41.3 Å². The molecule has 0 spiro atoms. The van der Waals surface area contributed by atoms with E-state index in [2.05, 4.69) is 54.9 Å². The van der Waals surface area contributed by atoms with Crippen molar-refractivity contribution in [1.29, 1.82) is 0 Å². The molecule has 0 aliphatic carbocycles. The minimum absolute atomic E-state index is 0.143. The number of nitrogens with zero attached hydrogens (tertiary/aromatic N) is 2. The fraction of sp³-hybridized carbons (Fsp3) is 0.310. The number of carbonyl (C=O) groups is 1. The Balaban J connectivity index is 1.43. The van der Waals surface area contributed by atoms with Crippen LogP contribution in [0.15, 0.2) is 66.7 Å². The molecule has 6 heteroatoms. The molecule has 1 N–H and O–H groups in total. The fourth-order valence-electron chi connectivity index (χ4n) is 4.16.